The number of nitrogens with zero attached hydrogens (tertiary/aromatic N) is 2. The molecule has 3 nitrogen and oxygen atoms in total. The van der Waals surface area contributed by atoms with Crippen LogP contribution >= 0.6 is 0 Å². The summed E-state index contributed by atoms with van der Waals surface area (Å²) in [7, 11) is 2.05. The van der Waals surface area contributed by atoms with Crippen LogP contribution in [0.25, 0.3) is 0 Å². The van der Waals surface area contributed by atoms with E-state index in [1.807, 2.05) is 19.4 Å². The normalized spacial score (nSPS) is 25.9. The standard InChI is InChI=1S/C13H23N3/c1-11-4-3-5-12(8-11)9-14-10-13-15-6-7-16(13)2/h6-7,11-12,14H,3-5,8-10H2,1-2H3. The Labute approximate surface area is 98.3 Å². The van der Waals surface area contributed by atoms with E-state index in [2.05, 4.69) is 21.8 Å². The summed E-state index contributed by atoms with van der Waals surface area (Å²) in [5, 5.41) is 3.54. The highest BCUT2D eigenvalue weighted by atomic mass is 15.1. The molecule has 1 aliphatic rings. The number of nitrogens with one attached hydrogen (secondary N) is 1. The lowest BCUT2D eigenvalue weighted by atomic mass is 9.82. The molecule has 1 N–H and O–H groups in total. The molecule has 1 saturated carbocycles. The number of aryl methyl sites for hydroxylation is 1. The van der Waals surface area contributed by atoms with Gasteiger partial charge in [-0.15, -0.1) is 0 Å². The fourth-order valence-corrected chi connectivity index (χ4v) is 2.70. The number of hydrogen-bond acceptors (Lipinski definition) is 2. The average molecular weight is 221 g/mol. The second kappa shape index (κ2) is 5.48. The van der Waals surface area contributed by atoms with Gasteiger partial charge in [-0.25, -0.2) is 4.98 Å². The Morgan fingerprint density at radius 2 is 2.38 bits per heavy atom. The minimum Gasteiger partial charge on any atom is -0.337 e. The summed E-state index contributed by atoms with van der Waals surface area (Å²) in [6, 6.07) is 0. The number of hydrogen-bond donors (Lipinski definition) is 1. The Balaban J connectivity index is 1.70. The molecule has 0 saturated heterocycles. The van der Waals surface area contributed by atoms with E-state index >= 15 is 0 Å². The summed E-state index contributed by atoms with van der Waals surface area (Å²) in [6.07, 6.45) is 9.50. The molecular weight excluding hydrogens is 198 g/mol. The SMILES string of the molecule is CC1CCCC(CNCc2nccn2C)C1. The summed E-state index contributed by atoms with van der Waals surface area (Å²) in [4.78, 5) is 4.31. The fourth-order valence-electron chi connectivity index (χ4n) is 2.70. The quantitative estimate of drug-likeness (QED) is 0.845. The minimum absolute atomic E-state index is 0.879. The van der Waals surface area contributed by atoms with E-state index in [9.17, 15) is 0 Å². The summed E-state index contributed by atoms with van der Waals surface area (Å²) < 4.78 is 2.08. The molecule has 1 aromatic rings. The molecule has 2 atom stereocenters. The zero-order chi connectivity index (χ0) is 11.4. The van der Waals surface area contributed by atoms with Crippen molar-refractivity contribution in [3.8, 4) is 0 Å². The van der Waals surface area contributed by atoms with Gasteiger partial charge in [-0.3, -0.25) is 0 Å². The second-order valence-corrected chi connectivity index (χ2v) is 5.22. The van der Waals surface area contributed by atoms with Gasteiger partial charge < -0.3 is 9.88 Å². The molecular formula is C13H23N3. The smallest absolute Gasteiger partial charge is 0.122 e. The Kier molecular flexibility index (Phi) is 3.99. The molecule has 1 aliphatic carbocycles. The molecule has 1 fully saturated rings. The molecule has 1 aromatic heterocycles. The van der Waals surface area contributed by atoms with Crippen LogP contribution in [0, 0.1) is 11.8 Å². The van der Waals surface area contributed by atoms with Crippen LogP contribution in [0.1, 0.15) is 38.4 Å². The van der Waals surface area contributed by atoms with Crippen molar-refractivity contribution in [3.05, 3.63) is 18.2 Å². The van der Waals surface area contributed by atoms with Crippen LogP contribution < -0.4 is 5.32 Å². The van der Waals surface area contributed by atoms with E-state index in [-0.39, 0.29) is 0 Å². The molecule has 2 rings (SSSR count). The largest absolute Gasteiger partial charge is 0.337 e. The van der Waals surface area contributed by atoms with E-state index in [0.717, 1.165) is 30.7 Å². The van der Waals surface area contributed by atoms with Gasteiger partial charge in [0, 0.05) is 19.4 Å². The molecule has 90 valence electrons. The van der Waals surface area contributed by atoms with Gasteiger partial charge in [0.15, 0.2) is 0 Å². The highest BCUT2D eigenvalue weighted by Gasteiger charge is 2.18. The third-order valence-electron chi connectivity index (χ3n) is 3.68. The summed E-state index contributed by atoms with van der Waals surface area (Å²) in [5.41, 5.74) is 0. The van der Waals surface area contributed by atoms with Crippen LogP contribution in [0.5, 0.6) is 0 Å². The highest BCUT2D eigenvalue weighted by molar-refractivity contribution is 4.90. The van der Waals surface area contributed by atoms with Crippen molar-refractivity contribution >= 4 is 0 Å². The van der Waals surface area contributed by atoms with Gasteiger partial charge in [0.25, 0.3) is 0 Å². The van der Waals surface area contributed by atoms with E-state index in [1.54, 1.807) is 0 Å². The molecule has 16 heavy (non-hydrogen) atoms. The molecule has 2 unspecified atom stereocenters. The minimum atomic E-state index is 0.879. The third kappa shape index (κ3) is 3.08. The van der Waals surface area contributed by atoms with E-state index in [4.69, 9.17) is 0 Å². The zero-order valence-electron chi connectivity index (χ0n) is 10.4. The van der Waals surface area contributed by atoms with E-state index in [0.29, 0.717) is 0 Å². The van der Waals surface area contributed by atoms with Crippen LogP contribution in [-0.4, -0.2) is 16.1 Å². The highest BCUT2D eigenvalue weighted by Crippen LogP contribution is 2.27. The van der Waals surface area contributed by atoms with Crippen molar-refractivity contribution in [2.75, 3.05) is 6.54 Å². The van der Waals surface area contributed by atoms with Crippen molar-refractivity contribution in [2.24, 2.45) is 18.9 Å². The van der Waals surface area contributed by atoms with Crippen LogP contribution in [-0.2, 0) is 13.6 Å². The summed E-state index contributed by atoms with van der Waals surface area (Å²) in [6.45, 7) is 4.43. The van der Waals surface area contributed by atoms with Crippen molar-refractivity contribution in [1.29, 1.82) is 0 Å². The Morgan fingerprint density at radius 1 is 1.50 bits per heavy atom. The first-order valence-electron chi connectivity index (χ1n) is 6.42. The van der Waals surface area contributed by atoms with E-state index in [1.165, 1.54) is 25.7 Å². The van der Waals surface area contributed by atoms with Gasteiger partial charge in [-0.2, -0.15) is 0 Å². The zero-order valence-corrected chi connectivity index (χ0v) is 10.4. The molecule has 0 aromatic carbocycles. The molecule has 3 heteroatoms. The molecule has 0 aliphatic heterocycles. The van der Waals surface area contributed by atoms with Gasteiger partial charge in [-0.1, -0.05) is 19.8 Å². The molecule has 0 bridgehead atoms. The van der Waals surface area contributed by atoms with Gasteiger partial charge in [-0.05, 0) is 31.2 Å². The van der Waals surface area contributed by atoms with Crippen molar-refractivity contribution in [1.82, 2.24) is 14.9 Å². The van der Waals surface area contributed by atoms with Gasteiger partial charge in [0.1, 0.15) is 5.82 Å². The first-order chi connectivity index (χ1) is 7.75. The summed E-state index contributed by atoms with van der Waals surface area (Å²) in [5.74, 6) is 2.93. The second-order valence-electron chi connectivity index (χ2n) is 5.22. The molecule has 0 spiro atoms. The van der Waals surface area contributed by atoms with E-state index < -0.39 is 0 Å². The lowest BCUT2D eigenvalue weighted by Crippen LogP contribution is -2.27. The van der Waals surface area contributed by atoms with Gasteiger partial charge >= 0.3 is 0 Å². The number of rotatable bonds is 4. The fraction of sp³-hybridized carbons (Fsp3) is 0.769. The average Bonchev–Trinajstić information content (AvgIpc) is 2.65. The Bertz CT molecular complexity index is 319. The topological polar surface area (TPSA) is 29.9 Å². The van der Waals surface area contributed by atoms with Crippen molar-refractivity contribution in [3.63, 3.8) is 0 Å². The van der Waals surface area contributed by atoms with Crippen molar-refractivity contribution in [2.45, 2.75) is 39.2 Å². The molecule has 0 amide bonds. The predicted molar refractivity (Wildman–Crippen MR) is 66.0 cm³/mol. The maximum absolute atomic E-state index is 4.31. The Hall–Kier alpha value is -0.830. The number of aromatic nitrogens is 2. The van der Waals surface area contributed by atoms with Crippen LogP contribution in [0.15, 0.2) is 12.4 Å². The van der Waals surface area contributed by atoms with Gasteiger partial charge in [0.2, 0.25) is 0 Å². The number of imidazole rings is 1. The Morgan fingerprint density at radius 3 is 3.06 bits per heavy atom. The lowest BCUT2D eigenvalue weighted by molar-refractivity contribution is 0.273. The van der Waals surface area contributed by atoms with Crippen molar-refractivity contribution < 1.29 is 0 Å². The van der Waals surface area contributed by atoms with Gasteiger partial charge in [0.05, 0.1) is 6.54 Å². The summed E-state index contributed by atoms with van der Waals surface area (Å²) >= 11 is 0. The molecule has 0 radical (unpaired) electrons. The first kappa shape index (κ1) is 11.6. The lowest BCUT2D eigenvalue weighted by Gasteiger charge is -2.26. The maximum atomic E-state index is 4.31. The third-order valence-corrected chi connectivity index (χ3v) is 3.68. The van der Waals surface area contributed by atoms with Crippen LogP contribution in [0.4, 0.5) is 0 Å². The predicted octanol–water partition coefficient (Wildman–Crippen LogP) is 2.34. The van der Waals surface area contributed by atoms with Crippen LogP contribution in [0.2, 0.25) is 0 Å². The maximum Gasteiger partial charge on any atom is 0.122 e. The molecule has 1 heterocycles. The monoisotopic (exact) mass is 221 g/mol. The first-order valence-corrected chi connectivity index (χ1v) is 6.42. The van der Waals surface area contributed by atoms with Crippen LogP contribution in [0.3, 0.4) is 0 Å².